The normalized spacial score (nSPS) is 14.1. The molecule has 1 amide bonds. The molecule has 2 aromatic rings. The van der Waals surface area contributed by atoms with E-state index in [0.717, 1.165) is 35.3 Å². The van der Waals surface area contributed by atoms with Crippen LogP contribution in [-0.2, 0) is 6.54 Å². The molecule has 0 saturated heterocycles. The minimum absolute atomic E-state index is 0.0734. The summed E-state index contributed by atoms with van der Waals surface area (Å²) in [5, 5.41) is 6.49. The van der Waals surface area contributed by atoms with Gasteiger partial charge in [-0.05, 0) is 42.5 Å². The van der Waals surface area contributed by atoms with Crippen molar-refractivity contribution in [2.75, 3.05) is 7.11 Å². The van der Waals surface area contributed by atoms with E-state index in [0.29, 0.717) is 12.5 Å². The lowest BCUT2D eigenvalue weighted by molar-refractivity contribution is 0.0950. The zero-order chi connectivity index (χ0) is 13.9. The highest BCUT2D eigenvalue weighted by atomic mass is 16.5. The SMILES string of the molecule is COc1ccc(C(=O)NCc2cnoc2)c(C2CC2)c1. The topological polar surface area (TPSA) is 64.4 Å². The highest BCUT2D eigenvalue weighted by molar-refractivity contribution is 5.96. The molecule has 5 nitrogen and oxygen atoms in total. The molecule has 0 atom stereocenters. The first-order valence-corrected chi connectivity index (χ1v) is 6.62. The molecule has 1 heterocycles. The molecule has 1 aromatic carbocycles. The van der Waals surface area contributed by atoms with E-state index in [4.69, 9.17) is 9.26 Å². The Bertz CT molecular complexity index is 604. The second-order valence-electron chi connectivity index (χ2n) is 4.94. The Balaban J connectivity index is 1.76. The van der Waals surface area contributed by atoms with Gasteiger partial charge in [-0.1, -0.05) is 5.16 Å². The van der Waals surface area contributed by atoms with E-state index in [1.807, 2.05) is 18.2 Å². The number of benzene rings is 1. The fourth-order valence-corrected chi connectivity index (χ4v) is 2.20. The number of aromatic nitrogens is 1. The maximum Gasteiger partial charge on any atom is 0.251 e. The maximum absolute atomic E-state index is 12.3. The number of carbonyl (C=O) groups excluding carboxylic acids is 1. The molecule has 0 radical (unpaired) electrons. The molecule has 0 aliphatic heterocycles. The van der Waals surface area contributed by atoms with E-state index in [1.54, 1.807) is 13.3 Å². The van der Waals surface area contributed by atoms with Crippen LogP contribution >= 0.6 is 0 Å². The van der Waals surface area contributed by atoms with E-state index in [1.165, 1.54) is 6.26 Å². The number of nitrogens with zero attached hydrogens (tertiary/aromatic N) is 1. The van der Waals surface area contributed by atoms with Gasteiger partial charge < -0.3 is 14.6 Å². The third-order valence-electron chi connectivity index (χ3n) is 3.46. The summed E-state index contributed by atoms with van der Waals surface area (Å²) < 4.78 is 9.97. The summed E-state index contributed by atoms with van der Waals surface area (Å²) in [5.41, 5.74) is 2.65. The number of carbonyl (C=O) groups is 1. The summed E-state index contributed by atoms with van der Waals surface area (Å²) in [6.45, 7) is 0.415. The summed E-state index contributed by atoms with van der Waals surface area (Å²) in [6.07, 6.45) is 5.39. The monoisotopic (exact) mass is 272 g/mol. The van der Waals surface area contributed by atoms with Crippen molar-refractivity contribution in [3.8, 4) is 5.75 Å². The smallest absolute Gasteiger partial charge is 0.251 e. The van der Waals surface area contributed by atoms with Gasteiger partial charge in [-0.25, -0.2) is 0 Å². The van der Waals surface area contributed by atoms with Gasteiger partial charge >= 0.3 is 0 Å². The fraction of sp³-hybridized carbons (Fsp3) is 0.333. The number of rotatable bonds is 5. The van der Waals surface area contributed by atoms with E-state index in [-0.39, 0.29) is 5.91 Å². The van der Waals surface area contributed by atoms with Crippen molar-refractivity contribution >= 4 is 5.91 Å². The second-order valence-corrected chi connectivity index (χ2v) is 4.94. The van der Waals surface area contributed by atoms with Gasteiger partial charge in [-0.3, -0.25) is 4.79 Å². The largest absolute Gasteiger partial charge is 0.497 e. The molecule has 0 spiro atoms. The van der Waals surface area contributed by atoms with Crippen LogP contribution in [0.15, 0.2) is 35.2 Å². The summed E-state index contributed by atoms with van der Waals surface area (Å²) >= 11 is 0. The zero-order valence-electron chi connectivity index (χ0n) is 11.3. The molecule has 3 rings (SSSR count). The number of hydrogen-bond donors (Lipinski definition) is 1. The van der Waals surface area contributed by atoms with Crippen LogP contribution in [0.5, 0.6) is 5.75 Å². The number of methoxy groups -OCH3 is 1. The predicted octanol–water partition coefficient (Wildman–Crippen LogP) is 2.49. The van der Waals surface area contributed by atoms with E-state index < -0.39 is 0 Å². The molecule has 0 bridgehead atoms. The van der Waals surface area contributed by atoms with Gasteiger partial charge in [0.05, 0.1) is 13.3 Å². The van der Waals surface area contributed by atoms with Crippen LogP contribution in [0.1, 0.15) is 40.2 Å². The Morgan fingerprint density at radius 1 is 1.50 bits per heavy atom. The first-order chi connectivity index (χ1) is 9.78. The number of nitrogens with one attached hydrogen (secondary N) is 1. The summed E-state index contributed by atoms with van der Waals surface area (Å²) in [6, 6.07) is 5.61. The molecule has 1 aliphatic rings. The highest BCUT2D eigenvalue weighted by Gasteiger charge is 2.28. The lowest BCUT2D eigenvalue weighted by Gasteiger charge is -2.11. The number of amides is 1. The molecule has 1 aliphatic carbocycles. The third-order valence-corrected chi connectivity index (χ3v) is 3.46. The Hall–Kier alpha value is -2.30. The number of hydrogen-bond acceptors (Lipinski definition) is 4. The van der Waals surface area contributed by atoms with Crippen molar-refractivity contribution in [2.24, 2.45) is 0 Å². The molecular formula is C15H16N2O3. The van der Waals surface area contributed by atoms with Gasteiger partial charge in [-0.15, -0.1) is 0 Å². The Morgan fingerprint density at radius 3 is 3.00 bits per heavy atom. The van der Waals surface area contributed by atoms with Gasteiger partial charge in [-0.2, -0.15) is 0 Å². The van der Waals surface area contributed by atoms with Gasteiger partial charge in [0, 0.05) is 17.7 Å². The molecule has 1 aromatic heterocycles. The van der Waals surface area contributed by atoms with Crippen molar-refractivity contribution in [1.82, 2.24) is 10.5 Å². The lowest BCUT2D eigenvalue weighted by Crippen LogP contribution is -2.23. The first kappa shape index (κ1) is 12.7. The van der Waals surface area contributed by atoms with Crippen LogP contribution in [0.2, 0.25) is 0 Å². The summed E-state index contributed by atoms with van der Waals surface area (Å²) in [4.78, 5) is 12.3. The molecule has 1 fully saturated rings. The summed E-state index contributed by atoms with van der Waals surface area (Å²) in [7, 11) is 1.64. The molecule has 20 heavy (non-hydrogen) atoms. The molecule has 1 N–H and O–H groups in total. The van der Waals surface area contributed by atoms with Crippen LogP contribution in [0.3, 0.4) is 0 Å². The Labute approximate surface area is 116 Å². The van der Waals surface area contributed by atoms with E-state index in [2.05, 4.69) is 10.5 Å². The fourth-order valence-electron chi connectivity index (χ4n) is 2.20. The Kier molecular flexibility index (Phi) is 3.41. The van der Waals surface area contributed by atoms with E-state index in [9.17, 15) is 4.79 Å². The minimum Gasteiger partial charge on any atom is -0.497 e. The van der Waals surface area contributed by atoms with Gasteiger partial charge in [0.15, 0.2) is 0 Å². The molecular weight excluding hydrogens is 256 g/mol. The van der Waals surface area contributed by atoms with Crippen LogP contribution in [0.25, 0.3) is 0 Å². The van der Waals surface area contributed by atoms with Crippen molar-refractivity contribution in [3.05, 3.63) is 47.3 Å². The van der Waals surface area contributed by atoms with Crippen molar-refractivity contribution < 1.29 is 14.1 Å². The lowest BCUT2D eigenvalue weighted by atomic mass is 10.0. The zero-order valence-corrected chi connectivity index (χ0v) is 11.3. The van der Waals surface area contributed by atoms with E-state index >= 15 is 0 Å². The highest BCUT2D eigenvalue weighted by Crippen LogP contribution is 2.42. The minimum atomic E-state index is -0.0734. The quantitative estimate of drug-likeness (QED) is 0.908. The average molecular weight is 272 g/mol. The molecule has 1 saturated carbocycles. The molecule has 104 valence electrons. The van der Waals surface area contributed by atoms with Crippen LogP contribution in [-0.4, -0.2) is 18.2 Å². The predicted molar refractivity (Wildman–Crippen MR) is 72.6 cm³/mol. The van der Waals surface area contributed by atoms with Crippen LogP contribution < -0.4 is 10.1 Å². The van der Waals surface area contributed by atoms with Crippen LogP contribution in [0, 0.1) is 0 Å². The number of ether oxygens (including phenoxy) is 1. The maximum atomic E-state index is 12.3. The summed E-state index contributed by atoms with van der Waals surface area (Å²) in [5.74, 6) is 1.21. The van der Waals surface area contributed by atoms with Crippen molar-refractivity contribution in [3.63, 3.8) is 0 Å². The van der Waals surface area contributed by atoms with Gasteiger partial charge in [0.25, 0.3) is 5.91 Å². The van der Waals surface area contributed by atoms with Gasteiger partial charge in [0.1, 0.15) is 12.0 Å². The molecule has 0 unspecified atom stereocenters. The first-order valence-electron chi connectivity index (χ1n) is 6.62. The molecule has 5 heteroatoms. The standard InChI is InChI=1S/C15H16N2O3/c1-19-12-4-5-13(14(6-12)11-2-3-11)15(18)16-7-10-8-17-20-9-10/h4-6,8-9,11H,2-3,7H2,1H3,(H,16,18). The van der Waals surface area contributed by atoms with Crippen LogP contribution in [0.4, 0.5) is 0 Å². The third kappa shape index (κ3) is 2.66. The Morgan fingerprint density at radius 2 is 2.35 bits per heavy atom. The van der Waals surface area contributed by atoms with Gasteiger partial charge in [0.2, 0.25) is 0 Å². The average Bonchev–Trinajstić information content (AvgIpc) is 3.20. The van der Waals surface area contributed by atoms with Crippen molar-refractivity contribution in [1.29, 1.82) is 0 Å². The van der Waals surface area contributed by atoms with Crippen molar-refractivity contribution in [2.45, 2.75) is 25.3 Å². The second kappa shape index (κ2) is 5.36.